The Morgan fingerprint density at radius 1 is 1.26 bits per heavy atom. The summed E-state index contributed by atoms with van der Waals surface area (Å²) in [4.78, 5) is 0. The normalized spacial score (nSPS) is 30.7. The number of benzene rings is 1. The third kappa shape index (κ3) is 2.49. The second-order valence-electron chi connectivity index (χ2n) is 5.77. The number of methoxy groups -OCH3 is 1. The summed E-state index contributed by atoms with van der Waals surface area (Å²) in [6.07, 6.45) is 5.55. The molecule has 1 fully saturated rings. The van der Waals surface area contributed by atoms with Gasteiger partial charge in [0.25, 0.3) is 0 Å². The zero-order valence-corrected chi connectivity index (χ0v) is 11.6. The molecular formula is C16H23NO2. The fourth-order valence-corrected chi connectivity index (χ4v) is 3.59. The molecule has 0 spiro atoms. The van der Waals surface area contributed by atoms with Gasteiger partial charge in [0, 0.05) is 12.0 Å². The Balaban J connectivity index is 1.81. The van der Waals surface area contributed by atoms with Crippen LogP contribution in [0.3, 0.4) is 0 Å². The van der Waals surface area contributed by atoms with Gasteiger partial charge in [-0.15, -0.1) is 0 Å². The molecule has 0 saturated carbocycles. The van der Waals surface area contributed by atoms with E-state index in [1.165, 1.54) is 24.8 Å². The molecule has 0 radical (unpaired) electrons. The van der Waals surface area contributed by atoms with E-state index in [0.29, 0.717) is 12.0 Å². The highest BCUT2D eigenvalue weighted by Crippen LogP contribution is 2.39. The number of rotatable bonds is 2. The van der Waals surface area contributed by atoms with Crippen LogP contribution in [0.5, 0.6) is 5.75 Å². The number of fused-ring (bicyclic) bond motifs is 1. The highest BCUT2D eigenvalue weighted by Gasteiger charge is 2.34. The number of aliphatic hydroxyl groups is 1. The minimum absolute atomic E-state index is 0.328. The van der Waals surface area contributed by atoms with Crippen LogP contribution < -0.4 is 10.1 Å². The minimum Gasteiger partial charge on any atom is -0.497 e. The first kappa shape index (κ1) is 12.9. The lowest BCUT2D eigenvalue weighted by Gasteiger charge is -2.38. The summed E-state index contributed by atoms with van der Waals surface area (Å²) >= 11 is 0. The molecule has 0 aromatic heterocycles. The van der Waals surface area contributed by atoms with Gasteiger partial charge in [-0.25, -0.2) is 0 Å². The highest BCUT2D eigenvalue weighted by atomic mass is 16.5. The van der Waals surface area contributed by atoms with E-state index in [4.69, 9.17) is 4.74 Å². The van der Waals surface area contributed by atoms with Gasteiger partial charge in [-0.2, -0.15) is 0 Å². The van der Waals surface area contributed by atoms with E-state index in [9.17, 15) is 5.11 Å². The Labute approximate surface area is 115 Å². The van der Waals surface area contributed by atoms with Crippen molar-refractivity contribution in [2.75, 3.05) is 13.7 Å². The van der Waals surface area contributed by atoms with Gasteiger partial charge in [-0.3, -0.25) is 0 Å². The second-order valence-corrected chi connectivity index (χ2v) is 5.77. The summed E-state index contributed by atoms with van der Waals surface area (Å²) in [6.45, 7) is 1.10. The molecule has 1 aliphatic heterocycles. The minimum atomic E-state index is -0.328. The van der Waals surface area contributed by atoms with Crippen LogP contribution in [-0.2, 0) is 6.42 Å². The van der Waals surface area contributed by atoms with Crippen molar-refractivity contribution in [3.63, 3.8) is 0 Å². The predicted molar refractivity (Wildman–Crippen MR) is 75.4 cm³/mol. The molecule has 1 saturated heterocycles. The van der Waals surface area contributed by atoms with Gasteiger partial charge in [0.15, 0.2) is 0 Å². The maximum Gasteiger partial charge on any atom is 0.119 e. The summed E-state index contributed by atoms with van der Waals surface area (Å²) in [5.41, 5.74) is 2.35. The smallest absolute Gasteiger partial charge is 0.119 e. The summed E-state index contributed by atoms with van der Waals surface area (Å²) in [7, 11) is 1.69. The largest absolute Gasteiger partial charge is 0.497 e. The first-order chi connectivity index (χ1) is 9.29. The molecule has 1 aliphatic carbocycles. The van der Waals surface area contributed by atoms with E-state index in [1.807, 2.05) is 12.1 Å². The van der Waals surface area contributed by atoms with Crippen LogP contribution in [-0.4, -0.2) is 24.8 Å². The third-order valence-electron chi connectivity index (χ3n) is 4.69. The molecule has 19 heavy (non-hydrogen) atoms. The molecule has 2 aliphatic rings. The second kappa shape index (κ2) is 5.51. The van der Waals surface area contributed by atoms with E-state index < -0.39 is 0 Å². The van der Waals surface area contributed by atoms with Crippen LogP contribution in [0.1, 0.15) is 42.9 Å². The first-order valence-electron chi connectivity index (χ1n) is 7.38. The topological polar surface area (TPSA) is 41.5 Å². The molecule has 3 rings (SSSR count). The summed E-state index contributed by atoms with van der Waals surface area (Å²) in [5, 5.41) is 14.2. The Morgan fingerprint density at radius 3 is 2.89 bits per heavy atom. The third-order valence-corrected chi connectivity index (χ3v) is 4.69. The van der Waals surface area contributed by atoms with E-state index in [0.717, 1.165) is 30.7 Å². The number of piperidine rings is 1. The molecule has 0 amide bonds. The van der Waals surface area contributed by atoms with Crippen LogP contribution in [0.2, 0.25) is 0 Å². The lowest BCUT2D eigenvalue weighted by Crippen LogP contribution is -2.43. The van der Waals surface area contributed by atoms with E-state index in [2.05, 4.69) is 11.4 Å². The average Bonchev–Trinajstić information content (AvgIpc) is 2.48. The lowest BCUT2D eigenvalue weighted by atomic mass is 9.76. The number of aliphatic hydroxyl groups excluding tert-OH is 1. The van der Waals surface area contributed by atoms with Crippen LogP contribution in [0.15, 0.2) is 18.2 Å². The SMILES string of the molecule is COc1ccc2c(c1)CCC(C1CCCCN1)C2O. The molecule has 1 aromatic rings. The van der Waals surface area contributed by atoms with Crippen LogP contribution in [0.25, 0.3) is 0 Å². The quantitative estimate of drug-likeness (QED) is 0.859. The molecule has 0 bridgehead atoms. The number of nitrogens with one attached hydrogen (secondary N) is 1. The van der Waals surface area contributed by atoms with E-state index >= 15 is 0 Å². The molecule has 2 N–H and O–H groups in total. The predicted octanol–water partition coefficient (Wildman–Crippen LogP) is 2.43. The molecule has 3 unspecified atom stereocenters. The zero-order valence-electron chi connectivity index (χ0n) is 11.6. The Bertz CT molecular complexity index is 440. The van der Waals surface area contributed by atoms with Crippen molar-refractivity contribution in [3.05, 3.63) is 29.3 Å². The standard InChI is InChI=1S/C16H23NO2/c1-19-12-6-8-13-11(10-12)5-7-14(16(13)18)15-4-2-3-9-17-15/h6,8,10,14-18H,2-5,7,9H2,1H3. The molecular weight excluding hydrogens is 238 g/mol. The summed E-state index contributed by atoms with van der Waals surface area (Å²) < 4.78 is 5.26. The average molecular weight is 261 g/mol. The molecule has 1 aromatic carbocycles. The Hall–Kier alpha value is -1.06. The van der Waals surface area contributed by atoms with E-state index in [1.54, 1.807) is 7.11 Å². The molecule has 1 heterocycles. The Kier molecular flexibility index (Phi) is 3.76. The fourth-order valence-electron chi connectivity index (χ4n) is 3.59. The molecule has 3 atom stereocenters. The van der Waals surface area contributed by atoms with Crippen molar-refractivity contribution in [1.82, 2.24) is 5.32 Å². The van der Waals surface area contributed by atoms with Crippen molar-refractivity contribution in [2.45, 2.75) is 44.2 Å². The van der Waals surface area contributed by atoms with Crippen molar-refractivity contribution in [1.29, 1.82) is 0 Å². The van der Waals surface area contributed by atoms with Crippen LogP contribution in [0, 0.1) is 5.92 Å². The molecule has 3 nitrogen and oxygen atoms in total. The first-order valence-corrected chi connectivity index (χ1v) is 7.38. The number of ether oxygens (including phenoxy) is 1. The summed E-state index contributed by atoms with van der Waals surface area (Å²) in [6, 6.07) is 6.55. The van der Waals surface area contributed by atoms with Gasteiger partial charge < -0.3 is 15.2 Å². The summed E-state index contributed by atoms with van der Waals surface area (Å²) in [5.74, 6) is 1.25. The lowest BCUT2D eigenvalue weighted by molar-refractivity contribution is 0.0622. The van der Waals surface area contributed by atoms with Gasteiger partial charge in [-0.05, 0) is 55.5 Å². The zero-order chi connectivity index (χ0) is 13.2. The van der Waals surface area contributed by atoms with Gasteiger partial charge in [-0.1, -0.05) is 12.5 Å². The van der Waals surface area contributed by atoms with Crippen LogP contribution in [0.4, 0.5) is 0 Å². The van der Waals surface area contributed by atoms with E-state index in [-0.39, 0.29) is 6.10 Å². The van der Waals surface area contributed by atoms with Crippen LogP contribution >= 0.6 is 0 Å². The van der Waals surface area contributed by atoms with Crippen molar-refractivity contribution >= 4 is 0 Å². The van der Waals surface area contributed by atoms with Crippen molar-refractivity contribution in [2.24, 2.45) is 5.92 Å². The monoisotopic (exact) mass is 261 g/mol. The van der Waals surface area contributed by atoms with Gasteiger partial charge in [0.2, 0.25) is 0 Å². The van der Waals surface area contributed by atoms with Gasteiger partial charge in [0.05, 0.1) is 13.2 Å². The van der Waals surface area contributed by atoms with Crippen molar-refractivity contribution < 1.29 is 9.84 Å². The molecule has 104 valence electrons. The van der Waals surface area contributed by atoms with Gasteiger partial charge in [0.1, 0.15) is 5.75 Å². The maximum absolute atomic E-state index is 10.7. The van der Waals surface area contributed by atoms with Crippen molar-refractivity contribution in [3.8, 4) is 5.75 Å². The fraction of sp³-hybridized carbons (Fsp3) is 0.625. The number of hydrogen-bond acceptors (Lipinski definition) is 3. The number of aryl methyl sites for hydroxylation is 1. The Morgan fingerprint density at radius 2 is 2.16 bits per heavy atom. The molecule has 3 heteroatoms. The maximum atomic E-state index is 10.7. The van der Waals surface area contributed by atoms with Gasteiger partial charge >= 0.3 is 0 Å². The number of hydrogen-bond donors (Lipinski definition) is 2. The highest BCUT2D eigenvalue weighted by molar-refractivity contribution is 5.39.